The summed E-state index contributed by atoms with van der Waals surface area (Å²) in [6, 6.07) is 10.4. The normalized spacial score (nSPS) is 16.6. The van der Waals surface area contributed by atoms with Crippen LogP contribution >= 0.6 is 11.3 Å². The number of carbonyl (C=O) groups excluding carboxylic acids is 1. The summed E-state index contributed by atoms with van der Waals surface area (Å²) in [6.07, 6.45) is 1.13. The van der Waals surface area contributed by atoms with Crippen LogP contribution in [0.15, 0.2) is 41.8 Å². The summed E-state index contributed by atoms with van der Waals surface area (Å²) >= 11 is 1.67. The van der Waals surface area contributed by atoms with Gasteiger partial charge in [-0.1, -0.05) is 32.0 Å². The van der Waals surface area contributed by atoms with Gasteiger partial charge < -0.3 is 0 Å². The number of Topliss-reactive ketones (excluding diaryl/α,β-unsaturated/α-hetero) is 1. The number of fused-ring (bicyclic) bond motifs is 3. The highest BCUT2D eigenvalue weighted by Gasteiger charge is 2.32. The number of thiophene rings is 1. The molecule has 0 bridgehead atoms. The molecule has 5 rings (SSSR count). The number of hydrogen-bond donors (Lipinski definition) is 0. The number of aromatic nitrogens is 4. The Morgan fingerprint density at radius 3 is 2.62 bits per heavy atom. The maximum atomic E-state index is 13.5. The molecule has 0 saturated heterocycles. The molecular weight excluding hydrogens is 387 g/mol. The molecule has 1 aromatic carbocycles. The molecule has 0 N–H and O–H groups in total. The standard InChI is InChI=1S/C22H19FN4OS/c1-12(2)20-19(13-5-7-15(23)8-6-13)22-25-24-21-16(27(22)26-20)10-14(11-17(21)28)18-4-3-9-29-18/h3-9,12,14H,10-11H2,1-2H3/t14-/m1/s1. The number of hydrogen-bond acceptors (Lipinski definition) is 5. The number of halogens is 1. The van der Waals surface area contributed by atoms with E-state index >= 15 is 0 Å². The van der Waals surface area contributed by atoms with E-state index in [1.54, 1.807) is 28.0 Å². The third-order valence-electron chi connectivity index (χ3n) is 5.42. The zero-order chi connectivity index (χ0) is 20.1. The van der Waals surface area contributed by atoms with Crippen molar-refractivity contribution in [3.05, 3.63) is 69.6 Å². The SMILES string of the molecule is CC(C)c1nn2c3c(nnc2c1-c1ccc(F)cc1)C(=O)C[C@H](c1cccs1)C3. The Morgan fingerprint density at radius 2 is 1.93 bits per heavy atom. The average Bonchev–Trinajstić information content (AvgIpc) is 3.36. The van der Waals surface area contributed by atoms with Crippen LogP contribution in [0, 0.1) is 5.82 Å². The van der Waals surface area contributed by atoms with Crippen LogP contribution in [0.2, 0.25) is 0 Å². The highest BCUT2D eigenvalue weighted by Crippen LogP contribution is 2.37. The Hall–Kier alpha value is -2.93. The van der Waals surface area contributed by atoms with Crippen molar-refractivity contribution in [2.24, 2.45) is 0 Å². The Balaban J connectivity index is 1.73. The molecule has 0 aliphatic heterocycles. The Bertz CT molecular complexity index is 1210. The van der Waals surface area contributed by atoms with Crippen molar-refractivity contribution >= 4 is 22.8 Å². The minimum Gasteiger partial charge on any atom is -0.292 e. The first-order valence-electron chi connectivity index (χ1n) is 9.63. The van der Waals surface area contributed by atoms with E-state index < -0.39 is 0 Å². The van der Waals surface area contributed by atoms with Crippen LogP contribution in [0.1, 0.15) is 58.9 Å². The van der Waals surface area contributed by atoms with Gasteiger partial charge in [0.1, 0.15) is 5.82 Å². The van der Waals surface area contributed by atoms with Crippen molar-refractivity contribution in [3.63, 3.8) is 0 Å². The molecule has 1 atom stereocenters. The van der Waals surface area contributed by atoms with Crippen molar-refractivity contribution < 1.29 is 9.18 Å². The second-order valence-corrected chi connectivity index (χ2v) is 8.68. The zero-order valence-corrected chi connectivity index (χ0v) is 16.9. The summed E-state index contributed by atoms with van der Waals surface area (Å²) in [7, 11) is 0. The largest absolute Gasteiger partial charge is 0.292 e. The lowest BCUT2D eigenvalue weighted by atomic mass is 9.87. The summed E-state index contributed by atoms with van der Waals surface area (Å²) < 4.78 is 15.2. The smallest absolute Gasteiger partial charge is 0.185 e. The van der Waals surface area contributed by atoms with Gasteiger partial charge in [0.05, 0.1) is 17.0 Å². The highest BCUT2D eigenvalue weighted by molar-refractivity contribution is 7.10. The fourth-order valence-corrected chi connectivity index (χ4v) is 4.84. The second kappa shape index (κ2) is 6.84. The predicted octanol–water partition coefficient (Wildman–Crippen LogP) is 5.03. The van der Waals surface area contributed by atoms with Gasteiger partial charge in [-0.3, -0.25) is 4.79 Å². The lowest BCUT2D eigenvalue weighted by molar-refractivity contribution is 0.0956. The zero-order valence-electron chi connectivity index (χ0n) is 16.1. The van der Waals surface area contributed by atoms with Crippen molar-refractivity contribution in [2.75, 3.05) is 0 Å². The summed E-state index contributed by atoms with van der Waals surface area (Å²) in [5.41, 5.74) is 4.38. The van der Waals surface area contributed by atoms with Crippen LogP contribution in [0.4, 0.5) is 4.39 Å². The fraction of sp³-hybridized carbons (Fsp3) is 0.273. The number of nitrogens with zero attached hydrogens (tertiary/aromatic N) is 4. The van der Waals surface area contributed by atoms with E-state index in [1.165, 1.54) is 17.0 Å². The molecule has 146 valence electrons. The van der Waals surface area contributed by atoms with E-state index in [-0.39, 0.29) is 23.4 Å². The quantitative estimate of drug-likeness (QED) is 0.479. The number of rotatable bonds is 3. The third kappa shape index (κ3) is 2.97. The van der Waals surface area contributed by atoms with Crippen LogP contribution in [0.3, 0.4) is 0 Å². The summed E-state index contributed by atoms with van der Waals surface area (Å²) in [6.45, 7) is 4.13. The van der Waals surface area contributed by atoms with Gasteiger partial charge in [-0.2, -0.15) is 5.10 Å². The van der Waals surface area contributed by atoms with Crippen molar-refractivity contribution in [2.45, 2.75) is 38.5 Å². The number of benzene rings is 1. The molecule has 1 aliphatic rings. The van der Waals surface area contributed by atoms with Crippen molar-refractivity contribution in [1.82, 2.24) is 19.8 Å². The maximum absolute atomic E-state index is 13.5. The molecule has 0 amide bonds. The van der Waals surface area contributed by atoms with Gasteiger partial charge in [0.15, 0.2) is 17.1 Å². The molecule has 0 unspecified atom stereocenters. The molecule has 7 heteroatoms. The van der Waals surface area contributed by atoms with Gasteiger partial charge in [-0.05, 0) is 35.1 Å². The molecule has 0 fully saturated rings. The molecule has 29 heavy (non-hydrogen) atoms. The van der Waals surface area contributed by atoms with Crippen LogP contribution < -0.4 is 0 Å². The molecule has 3 aromatic heterocycles. The van der Waals surface area contributed by atoms with E-state index in [0.29, 0.717) is 24.2 Å². The molecular formula is C22H19FN4OS. The van der Waals surface area contributed by atoms with E-state index in [1.807, 2.05) is 11.4 Å². The van der Waals surface area contributed by atoms with Gasteiger partial charge in [0.25, 0.3) is 0 Å². The number of ketones is 1. The molecule has 0 radical (unpaired) electrons. The average molecular weight is 406 g/mol. The first kappa shape index (κ1) is 18.1. The van der Waals surface area contributed by atoms with E-state index in [2.05, 4.69) is 30.1 Å². The second-order valence-electron chi connectivity index (χ2n) is 7.70. The molecule has 0 spiro atoms. The van der Waals surface area contributed by atoms with E-state index in [4.69, 9.17) is 5.10 Å². The summed E-state index contributed by atoms with van der Waals surface area (Å²) in [5, 5.41) is 15.5. The van der Waals surface area contributed by atoms with Gasteiger partial charge in [0, 0.05) is 23.6 Å². The van der Waals surface area contributed by atoms with Crippen molar-refractivity contribution in [1.29, 1.82) is 0 Å². The van der Waals surface area contributed by atoms with Gasteiger partial charge in [-0.25, -0.2) is 8.91 Å². The monoisotopic (exact) mass is 406 g/mol. The maximum Gasteiger partial charge on any atom is 0.185 e. The van der Waals surface area contributed by atoms with Gasteiger partial charge in [0.2, 0.25) is 0 Å². The van der Waals surface area contributed by atoms with Crippen LogP contribution in [-0.2, 0) is 6.42 Å². The van der Waals surface area contributed by atoms with Crippen LogP contribution in [0.5, 0.6) is 0 Å². The highest BCUT2D eigenvalue weighted by atomic mass is 32.1. The Kier molecular flexibility index (Phi) is 4.28. The summed E-state index contributed by atoms with van der Waals surface area (Å²) in [5.74, 6) is -0.0173. The lowest BCUT2D eigenvalue weighted by Crippen LogP contribution is -2.23. The lowest BCUT2D eigenvalue weighted by Gasteiger charge is -2.21. The topological polar surface area (TPSA) is 60.1 Å². The molecule has 0 saturated carbocycles. The first-order chi connectivity index (χ1) is 14.0. The van der Waals surface area contributed by atoms with Gasteiger partial charge >= 0.3 is 0 Å². The minimum absolute atomic E-state index is 0.00368. The van der Waals surface area contributed by atoms with Crippen LogP contribution in [0.25, 0.3) is 16.8 Å². The Labute approximate surface area is 171 Å². The van der Waals surface area contributed by atoms with Crippen LogP contribution in [-0.4, -0.2) is 25.6 Å². The summed E-state index contributed by atoms with van der Waals surface area (Å²) in [4.78, 5) is 14.0. The molecule has 3 heterocycles. The number of carbonyl (C=O) groups is 1. The minimum atomic E-state index is -0.288. The van der Waals surface area contributed by atoms with Crippen molar-refractivity contribution in [3.8, 4) is 11.1 Å². The third-order valence-corrected chi connectivity index (χ3v) is 6.46. The molecule has 5 nitrogen and oxygen atoms in total. The molecule has 1 aliphatic carbocycles. The van der Waals surface area contributed by atoms with E-state index in [0.717, 1.165) is 22.5 Å². The fourth-order valence-electron chi connectivity index (χ4n) is 4.01. The first-order valence-corrected chi connectivity index (χ1v) is 10.5. The van der Waals surface area contributed by atoms with E-state index in [9.17, 15) is 9.18 Å². The van der Waals surface area contributed by atoms with Gasteiger partial charge in [-0.15, -0.1) is 21.5 Å². The molecule has 4 aromatic rings. The predicted molar refractivity (Wildman–Crippen MR) is 110 cm³/mol. The Morgan fingerprint density at radius 1 is 1.14 bits per heavy atom.